The molecule has 32 heavy (non-hydrogen) atoms. The van der Waals surface area contributed by atoms with Crippen LogP contribution in [0.25, 0.3) is 22.0 Å². The molecule has 1 aromatic heterocycles. The number of fused-ring (bicyclic) bond motifs is 1. The third-order valence-corrected chi connectivity index (χ3v) is 5.83. The van der Waals surface area contributed by atoms with E-state index in [1.165, 1.54) is 11.1 Å². The second-order valence-corrected chi connectivity index (χ2v) is 8.40. The number of rotatable bonds is 6. The Labute approximate surface area is 196 Å². The zero-order chi connectivity index (χ0) is 21.8. The number of piperidine rings is 1. The summed E-state index contributed by atoms with van der Waals surface area (Å²) in [5.74, 6) is 0.935. The van der Waals surface area contributed by atoms with Crippen molar-refractivity contribution in [2.75, 3.05) is 19.7 Å². The average Bonchev–Trinajstić information content (AvgIpc) is 2.79. The Morgan fingerprint density at radius 1 is 1.09 bits per heavy atom. The van der Waals surface area contributed by atoms with Crippen LogP contribution in [-0.4, -0.2) is 47.7 Å². The predicted molar refractivity (Wildman–Crippen MR) is 130 cm³/mol. The van der Waals surface area contributed by atoms with E-state index < -0.39 is 0 Å². The van der Waals surface area contributed by atoms with Gasteiger partial charge in [-0.25, -0.2) is 0 Å². The smallest absolute Gasteiger partial charge is 0.248 e. The second kappa shape index (κ2) is 10.8. The van der Waals surface area contributed by atoms with Gasteiger partial charge < -0.3 is 14.4 Å². The molecule has 0 spiro atoms. The van der Waals surface area contributed by atoms with Crippen LogP contribution in [0, 0.1) is 6.92 Å². The average molecular weight is 455 g/mol. The van der Waals surface area contributed by atoms with Crippen LogP contribution in [0.4, 0.5) is 0 Å². The minimum absolute atomic E-state index is 0. The molecule has 2 heterocycles. The lowest BCUT2D eigenvalue weighted by molar-refractivity contribution is -0.139. The highest BCUT2D eigenvalue weighted by Crippen LogP contribution is 2.30. The van der Waals surface area contributed by atoms with E-state index >= 15 is 0 Å². The fourth-order valence-electron chi connectivity index (χ4n) is 4.06. The molecule has 1 fully saturated rings. The van der Waals surface area contributed by atoms with Crippen molar-refractivity contribution < 1.29 is 14.3 Å². The van der Waals surface area contributed by atoms with Gasteiger partial charge in [-0.05, 0) is 55.7 Å². The first-order valence-electron chi connectivity index (χ1n) is 11.0. The first kappa shape index (κ1) is 24.0. The van der Waals surface area contributed by atoms with E-state index in [9.17, 15) is 4.79 Å². The summed E-state index contributed by atoms with van der Waals surface area (Å²) in [5.41, 5.74) is 4.57. The topological polar surface area (TPSA) is 51.7 Å². The fourth-order valence-corrected chi connectivity index (χ4v) is 4.06. The summed E-state index contributed by atoms with van der Waals surface area (Å²) < 4.78 is 11.6. The van der Waals surface area contributed by atoms with Crippen molar-refractivity contribution in [1.82, 2.24) is 9.88 Å². The number of carbonyl (C=O) groups excluding carboxylic acids is 1. The van der Waals surface area contributed by atoms with Crippen molar-refractivity contribution in [3.63, 3.8) is 0 Å². The van der Waals surface area contributed by atoms with Crippen molar-refractivity contribution in [2.24, 2.45) is 0 Å². The van der Waals surface area contributed by atoms with Gasteiger partial charge in [-0.3, -0.25) is 9.78 Å². The van der Waals surface area contributed by atoms with Gasteiger partial charge in [0.15, 0.2) is 0 Å². The Morgan fingerprint density at radius 3 is 2.50 bits per heavy atom. The summed E-state index contributed by atoms with van der Waals surface area (Å²) in [6, 6.07) is 16.6. The molecule has 1 aliphatic heterocycles. The number of ether oxygens (including phenoxy) is 2. The standard InChI is InChI=1S/C26H30N2O3.ClH/c1-18(2)30-17-25(29)28-15-12-23(13-16-28)31-22-9-6-20(7-10-22)24-11-8-21-5-4-14-27-26(21)19(24)3;/h4-11,14,18,23H,12-13,15-17H2,1-3H3;1H. The van der Waals surface area contributed by atoms with Crippen molar-refractivity contribution in [2.45, 2.75) is 45.8 Å². The van der Waals surface area contributed by atoms with E-state index in [1.54, 1.807) is 0 Å². The lowest BCUT2D eigenvalue weighted by Crippen LogP contribution is -2.43. The Bertz CT molecular complexity index is 1040. The molecule has 2 aromatic carbocycles. The highest BCUT2D eigenvalue weighted by atomic mass is 35.5. The molecule has 5 nitrogen and oxygen atoms in total. The molecular formula is C26H31ClN2O3. The summed E-state index contributed by atoms with van der Waals surface area (Å²) in [4.78, 5) is 18.6. The van der Waals surface area contributed by atoms with Crippen LogP contribution >= 0.6 is 12.4 Å². The van der Waals surface area contributed by atoms with Gasteiger partial charge in [0, 0.05) is 37.5 Å². The number of carbonyl (C=O) groups is 1. The van der Waals surface area contributed by atoms with Gasteiger partial charge in [0.1, 0.15) is 18.5 Å². The van der Waals surface area contributed by atoms with Gasteiger partial charge in [-0.15, -0.1) is 12.4 Å². The van der Waals surface area contributed by atoms with Crippen LogP contribution in [0.15, 0.2) is 54.7 Å². The van der Waals surface area contributed by atoms with E-state index in [-0.39, 0.29) is 37.1 Å². The zero-order valence-electron chi connectivity index (χ0n) is 18.9. The van der Waals surface area contributed by atoms with Crippen LogP contribution in [0.1, 0.15) is 32.3 Å². The first-order valence-corrected chi connectivity index (χ1v) is 11.0. The Hall–Kier alpha value is -2.63. The number of aromatic nitrogens is 1. The molecule has 6 heteroatoms. The van der Waals surface area contributed by atoms with Crippen LogP contribution in [0.2, 0.25) is 0 Å². The van der Waals surface area contributed by atoms with Crippen LogP contribution in [-0.2, 0) is 9.53 Å². The van der Waals surface area contributed by atoms with Gasteiger partial charge in [-0.1, -0.05) is 30.3 Å². The molecule has 0 saturated carbocycles. The minimum Gasteiger partial charge on any atom is -0.490 e. The summed E-state index contributed by atoms with van der Waals surface area (Å²) in [5, 5.41) is 1.16. The Kier molecular flexibility index (Phi) is 8.10. The fraction of sp³-hybridized carbons (Fsp3) is 0.385. The predicted octanol–water partition coefficient (Wildman–Crippen LogP) is 5.43. The lowest BCUT2D eigenvalue weighted by atomic mass is 9.98. The third-order valence-electron chi connectivity index (χ3n) is 5.83. The Balaban J connectivity index is 0.00000289. The molecule has 1 amide bonds. The molecule has 0 atom stereocenters. The van der Waals surface area contributed by atoms with Gasteiger partial charge >= 0.3 is 0 Å². The maximum absolute atomic E-state index is 12.2. The molecule has 1 aliphatic rings. The molecule has 0 unspecified atom stereocenters. The number of amides is 1. The number of benzene rings is 2. The lowest BCUT2D eigenvalue weighted by Gasteiger charge is -2.32. The monoisotopic (exact) mass is 454 g/mol. The van der Waals surface area contributed by atoms with Crippen molar-refractivity contribution >= 4 is 29.2 Å². The molecule has 1 saturated heterocycles. The van der Waals surface area contributed by atoms with Crippen LogP contribution < -0.4 is 4.74 Å². The highest BCUT2D eigenvalue weighted by molar-refractivity contribution is 5.88. The normalized spacial score (nSPS) is 14.4. The first-order chi connectivity index (χ1) is 15.0. The zero-order valence-corrected chi connectivity index (χ0v) is 19.7. The molecule has 3 aromatic rings. The number of halogens is 1. The van der Waals surface area contributed by atoms with Crippen molar-refractivity contribution in [3.05, 3.63) is 60.3 Å². The maximum Gasteiger partial charge on any atom is 0.248 e. The van der Waals surface area contributed by atoms with Gasteiger partial charge in [0.25, 0.3) is 0 Å². The summed E-state index contributed by atoms with van der Waals surface area (Å²) in [6.07, 6.45) is 3.72. The molecule has 0 radical (unpaired) electrons. The van der Waals surface area contributed by atoms with Gasteiger partial charge in [0.05, 0.1) is 11.6 Å². The summed E-state index contributed by atoms with van der Waals surface area (Å²) in [7, 11) is 0. The summed E-state index contributed by atoms with van der Waals surface area (Å²) in [6.45, 7) is 7.59. The SMILES string of the molecule is Cc1c(-c2ccc(OC3CCN(C(=O)COC(C)C)CC3)cc2)ccc2cccnc12.Cl. The summed E-state index contributed by atoms with van der Waals surface area (Å²) >= 11 is 0. The number of aryl methyl sites for hydroxylation is 1. The molecule has 170 valence electrons. The molecule has 0 aliphatic carbocycles. The molecule has 4 rings (SSSR count). The van der Waals surface area contributed by atoms with Crippen LogP contribution in [0.5, 0.6) is 5.75 Å². The van der Waals surface area contributed by atoms with E-state index in [2.05, 4.69) is 42.2 Å². The second-order valence-electron chi connectivity index (χ2n) is 8.40. The largest absolute Gasteiger partial charge is 0.490 e. The number of hydrogen-bond acceptors (Lipinski definition) is 4. The Morgan fingerprint density at radius 2 is 1.81 bits per heavy atom. The number of nitrogens with zero attached hydrogens (tertiary/aromatic N) is 2. The molecular weight excluding hydrogens is 424 g/mol. The van der Waals surface area contributed by atoms with Gasteiger partial charge in [0.2, 0.25) is 5.91 Å². The van der Waals surface area contributed by atoms with E-state index in [4.69, 9.17) is 9.47 Å². The third kappa shape index (κ3) is 5.59. The van der Waals surface area contributed by atoms with E-state index in [0.29, 0.717) is 13.1 Å². The maximum atomic E-state index is 12.2. The van der Waals surface area contributed by atoms with Crippen molar-refractivity contribution in [1.29, 1.82) is 0 Å². The number of hydrogen-bond donors (Lipinski definition) is 0. The number of likely N-dealkylation sites (tertiary alicyclic amines) is 1. The molecule has 0 N–H and O–H groups in total. The highest BCUT2D eigenvalue weighted by Gasteiger charge is 2.24. The van der Waals surface area contributed by atoms with Gasteiger partial charge in [-0.2, -0.15) is 0 Å². The van der Waals surface area contributed by atoms with Crippen LogP contribution in [0.3, 0.4) is 0 Å². The quantitative estimate of drug-likeness (QED) is 0.498. The number of pyridine rings is 1. The van der Waals surface area contributed by atoms with E-state index in [1.807, 2.05) is 43.1 Å². The van der Waals surface area contributed by atoms with Crippen molar-refractivity contribution in [3.8, 4) is 16.9 Å². The molecule has 0 bridgehead atoms. The minimum atomic E-state index is 0. The van der Waals surface area contributed by atoms with E-state index in [0.717, 1.165) is 35.1 Å².